The zero-order valence-corrected chi connectivity index (χ0v) is 17.4. The van der Waals surface area contributed by atoms with Gasteiger partial charge in [-0.2, -0.15) is 13.2 Å². The zero-order valence-electron chi connectivity index (χ0n) is 17.4. The Balaban J connectivity index is 1.42. The number of likely N-dealkylation sites (tertiary alicyclic amines) is 1. The van der Waals surface area contributed by atoms with E-state index in [9.17, 15) is 18.0 Å². The third-order valence-electron chi connectivity index (χ3n) is 5.97. The molecule has 0 bridgehead atoms. The van der Waals surface area contributed by atoms with Gasteiger partial charge in [-0.25, -0.2) is 9.97 Å². The standard InChI is InChI=1S/C24H20F3N5O/c25-24(26,27)23(28)9-10-32(14-23)22(33)19-8-4-7-18(30-19)17-11-16-12-20(31-21(16)29-13-17)15-5-2-1-3-6-15/h1-8,11-13H,9-10,14,28H2,(H,29,31). The minimum Gasteiger partial charge on any atom is -0.339 e. The van der Waals surface area contributed by atoms with Gasteiger partial charge < -0.3 is 15.6 Å². The maximum absolute atomic E-state index is 13.2. The second kappa shape index (κ2) is 7.70. The number of nitrogens with two attached hydrogens (primary N) is 1. The van der Waals surface area contributed by atoms with E-state index in [4.69, 9.17) is 5.73 Å². The van der Waals surface area contributed by atoms with Crippen molar-refractivity contribution >= 4 is 16.9 Å². The van der Waals surface area contributed by atoms with Crippen molar-refractivity contribution in [3.05, 3.63) is 72.6 Å². The van der Waals surface area contributed by atoms with Crippen molar-refractivity contribution in [1.29, 1.82) is 0 Å². The molecule has 3 N–H and O–H groups in total. The summed E-state index contributed by atoms with van der Waals surface area (Å²) in [6, 6.07) is 18.6. The fourth-order valence-corrected chi connectivity index (χ4v) is 4.04. The number of fused-ring (bicyclic) bond motifs is 1. The third kappa shape index (κ3) is 3.84. The number of amides is 1. The van der Waals surface area contributed by atoms with Gasteiger partial charge in [-0.05, 0) is 36.2 Å². The molecule has 1 amide bonds. The molecule has 1 aliphatic heterocycles. The van der Waals surface area contributed by atoms with E-state index < -0.39 is 24.2 Å². The van der Waals surface area contributed by atoms with Gasteiger partial charge in [0.2, 0.25) is 0 Å². The molecule has 0 spiro atoms. The Bertz CT molecular complexity index is 1330. The van der Waals surface area contributed by atoms with E-state index in [0.717, 1.165) is 21.5 Å². The van der Waals surface area contributed by atoms with Gasteiger partial charge in [-0.15, -0.1) is 0 Å². The van der Waals surface area contributed by atoms with Crippen molar-refractivity contribution in [2.75, 3.05) is 13.1 Å². The number of hydrogen-bond donors (Lipinski definition) is 2. The SMILES string of the molecule is NC1(C(F)(F)F)CCN(C(=O)c2cccc(-c3cnc4[nH]c(-c5ccccc5)cc4c3)n2)C1. The molecule has 1 unspecified atom stereocenters. The Morgan fingerprint density at radius 3 is 2.58 bits per heavy atom. The lowest BCUT2D eigenvalue weighted by Gasteiger charge is -2.27. The molecule has 6 nitrogen and oxygen atoms in total. The van der Waals surface area contributed by atoms with Gasteiger partial charge in [0.05, 0.1) is 5.69 Å². The van der Waals surface area contributed by atoms with Gasteiger partial charge in [-0.1, -0.05) is 36.4 Å². The summed E-state index contributed by atoms with van der Waals surface area (Å²) in [7, 11) is 0. The van der Waals surface area contributed by atoms with E-state index in [2.05, 4.69) is 15.0 Å². The number of alkyl halides is 3. The summed E-state index contributed by atoms with van der Waals surface area (Å²) in [4.78, 5) is 26.1. The summed E-state index contributed by atoms with van der Waals surface area (Å²) in [6.45, 7) is -0.653. The van der Waals surface area contributed by atoms with Crippen LogP contribution in [0.3, 0.4) is 0 Å². The summed E-state index contributed by atoms with van der Waals surface area (Å²) in [5, 5.41) is 0.877. The first-order valence-electron chi connectivity index (χ1n) is 10.4. The number of aromatic amines is 1. The van der Waals surface area contributed by atoms with Crippen LogP contribution in [-0.2, 0) is 0 Å². The van der Waals surface area contributed by atoms with Crippen LogP contribution >= 0.6 is 0 Å². The Kier molecular flexibility index (Phi) is 4.93. The molecule has 1 fully saturated rings. The molecule has 5 rings (SSSR count). The van der Waals surface area contributed by atoms with E-state index in [1.807, 2.05) is 42.5 Å². The average Bonchev–Trinajstić information content (AvgIpc) is 3.43. The second-order valence-corrected chi connectivity index (χ2v) is 8.25. The number of nitrogens with zero attached hydrogens (tertiary/aromatic N) is 3. The quantitative estimate of drug-likeness (QED) is 0.483. The molecule has 1 saturated heterocycles. The molecule has 9 heteroatoms. The first-order chi connectivity index (χ1) is 15.7. The number of rotatable bonds is 3. The number of carbonyl (C=O) groups excluding carboxylic acids is 1. The highest BCUT2D eigenvalue weighted by Crippen LogP contribution is 2.36. The highest BCUT2D eigenvalue weighted by atomic mass is 19.4. The maximum Gasteiger partial charge on any atom is 0.408 e. The second-order valence-electron chi connectivity index (χ2n) is 8.25. The third-order valence-corrected chi connectivity index (χ3v) is 5.97. The number of aromatic nitrogens is 3. The summed E-state index contributed by atoms with van der Waals surface area (Å²) >= 11 is 0. The number of hydrogen-bond acceptors (Lipinski definition) is 4. The van der Waals surface area contributed by atoms with Crippen LogP contribution in [0.25, 0.3) is 33.5 Å². The first-order valence-corrected chi connectivity index (χ1v) is 10.4. The highest BCUT2D eigenvalue weighted by Gasteiger charge is 2.56. The lowest BCUT2D eigenvalue weighted by atomic mass is 10.00. The summed E-state index contributed by atoms with van der Waals surface area (Å²) < 4.78 is 39.7. The van der Waals surface area contributed by atoms with E-state index in [0.29, 0.717) is 16.9 Å². The minimum atomic E-state index is -4.58. The van der Waals surface area contributed by atoms with Crippen molar-refractivity contribution in [3.63, 3.8) is 0 Å². The monoisotopic (exact) mass is 451 g/mol. The van der Waals surface area contributed by atoms with Crippen molar-refractivity contribution in [2.24, 2.45) is 5.73 Å². The Hall–Kier alpha value is -3.72. The van der Waals surface area contributed by atoms with Crippen LogP contribution in [0.1, 0.15) is 16.9 Å². The summed E-state index contributed by atoms with van der Waals surface area (Å²) in [6.07, 6.45) is -3.26. The van der Waals surface area contributed by atoms with Crippen LogP contribution in [0, 0.1) is 0 Å². The molecule has 3 aromatic heterocycles. The van der Waals surface area contributed by atoms with Crippen molar-refractivity contribution in [2.45, 2.75) is 18.1 Å². The van der Waals surface area contributed by atoms with Gasteiger partial charge >= 0.3 is 6.18 Å². The molecule has 0 saturated carbocycles. The van der Waals surface area contributed by atoms with E-state index in [1.54, 1.807) is 18.3 Å². The molecule has 33 heavy (non-hydrogen) atoms. The minimum absolute atomic E-state index is 0.0677. The van der Waals surface area contributed by atoms with Crippen molar-refractivity contribution in [1.82, 2.24) is 19.9 Å². The molecule has 4 heterocycles. The van der Waals surface area contributed by atoms with Crippen LogP contribution in [0.2, 0.25) is 0 Å². The van der Waals surface area contributed by atoms with Gasteiger partial charge in [0.25, 0.3) is 5.91 Å². The lowest BCUT2D eigenvalue weighted by Crippen LogP contribution is -2.55. The highest BCUT2D eigenvalue weighted by molar-refractivity contribution is 5.93. The Morgan fingerprint density at radius 2 is 1.85 bits per heavy atom. The fourth-order valence-electron chi connectivity index (χ4n) is 4.04. The number of halogens is 3. The van der Waals surface area contributed by atoms with Crippen LogP contribution in [0.5, 0.6) is 0 Å². The van der Waals surface area contributed by atoms with Gasteiger partial charge in [-0.3, -0.25) is 4.79 Å². The lowest BCUT2D eigenvalue weighted by molar-refractivity contribution is -0.181. The average molecular weight is 451 g/mol. The largest absolute Gasteiger partial charge is 0.408 e. The van der Waals surface area contributed by atoms with Crippen LogP contribution < -0.4 is 5.73 Å². The molecule has 168 valence electrons. The van der Waals surface area contributed by atoms with Crippen molar-refractivity contribution in [3.8, 4) is 22.5 Å². The maximum atomic E-state index is 13.2. The number of benzene rings is 1. The topological polar surface area (TPSA) is 87.9 Å². The fraction of sp³-hybridized carbons (Fsp3) is 0.208. The Labute approximate surface area is 187 Å². The van der Waals surface area contributed by atoms with Gasteiger partial charge in [0.15, 0.2) is 0 Å². The molecule has 0 aliphatic carbocycles. The smallest absolute Gasteiger partial charge is 0.339 e. The Morgan fingerprint density at radius 1 is 1.06 bits per heavy atom. The molecule has 1 aromatic carbocycles. The van der Waals surface area contributed by atoms with Gasteiger partial charge in [0, 0.05) is 35.9 Å². The first kappa shape index (κ1) is 21.1. The number of H-pyrrole nitrogens is 1. The molecule has 1 aliphatic rings. The zero-order chi connectivity index (χ0) is 23.2. The molecule has 0 radical (unpaired) electrons. The van der Waals surface area contributed by atoms with Crippen molar-refractivity contribution < 1.29 is 18.0 Å². The summed E-state index contributed by atoms with van der Waals surface area (Å²) in [5.74, 6) is -0.574. The normalized spacial score (nSPS) is 18.7. The van der Waals surface area contributed by atoms with E-state index in [-0.39, 0.29) is 18.7 Å². The van der Waals surface area contributed by atoms with E-state index in [1.165, 1.54) is 6.07 Å². The van der Waals surface area contributed by atoms with Crippen LogP contribution in [0.4, 0.5) is 13.2 Å². The number of carbonyl (C=O) groups is 1. The number of pyridine rings is 2. The molecular weight excluding hydrogens is 431 g/mol. The molecule has 4 aromatic rings. The predicted octanol–water partition coefficient (Wildman–Crippen LogP) is 4.40. The molecule has 1 atom stereocenters. The van der Waals surface area contributed by atoms with Gasteiger partial charge in [0.1, 0.15) is 16.9 Å². The van der Waals surface area contributed by atoms with E-state index >= 15 is 0 Å². The van der Waals surface area contributed by atoms with Crippen LogP contribution in [-0.4, -0.2) is 50.6 Å². The number of nitrogens with one attached hydrogen (secondary N) is 1. The van der Waals surface area contributed by atoms with Crippen LogP contribution in [0.15, 0.2) is 66.9 Å². The predicted molar refractivity (Wildman–Crippen MR) is 118 cm³/mol. The molecular formula is C24H20F3N5O. The summed E-state index contributed by atoms with van der Waals surface area (Å²) in [5.41, 5.74) is 7.06.